The van der Waals surface area contributed by atoms with Crippen molar-refractivity contribution in [2.24, 2.45) is 0 Å². The van der Waals surface area contributed by atoms with Crippen LogP contribution in [0.4, 0.5) is 0 Å². The molecule has 0 aliphatic heterocycles. The first-order valence-electron chi connectivity index (χ1n) is 6.86. The Morgan fingerprint density at radius 3 is 2.40 bits per heavy atom. The van der Waals surface area contributed by atoms with Crippen molar-refractivity contribution < 1.29 is 4.43 Å². The highest BCUT2D eigenvalue weighted by Gasteiger charge is 2.38. The fourth-order valence-electron chi connectivity index (χ4n) is 1.86. The fraction of sp³-hybridized carbons (Fsp3) is 0.353. The van der Waals surface area contributed by atoms with Crippen LogP contribution in [0.1, 0.15) is 26.3 Å². The Morgan fingerprint density at radius 2 is 1.80 bits per heavy atom. The van der Waals surface area contributed by atoms with Gasteiger partial charge >= 0.3 is 0 Å². The van der Waals surface area contributed by atoms with Crippen molar-refractivity contribution >= 4 is 19.1 Å². The lowest BCUT2D eigenvalue weighted by molar-refractivity contribution is 0.493. The van der Waals surface area contributed by atoms with Crippen molar-refractivity contribution in [3.63, 3.8) is 0 Å². The lowest BCUT2D eigenvalue weighted by Gasteiger charge is -2.36. The summed E-state index contributed by atoms with van der Waals surface area (Å²) in [6, 6.07) is 14.0. The molecule has 0 bridgehead atoms. The lowest BCUT2D eigenvalue weighted by atomic mass is 10.1. The molecule has 0 heterocycles. The molecule has 3 heteroatoms. The third-order valence-electron chi connectivity index (χ3n) is 4.15. The summed E-state index contributed by atoms with van der Waals surface area (Å²) in [7, 11) is -1.84. The third-order valence-corrected chi connectivity index (χ3v) is 8.51. The number of hydrogen-bond acceptors (Lipinski definition) is 2. The zero-order chi connectivity index (χ0) is 15.0. The summed E-state index contributed by atoms with van der Waals surface area (Å²) in [6.07, 6.45) is 0. The molecule has 104 valence electrons. The molecule has 2 rings (SSSR count). The van der Waals surface area contributed by atoms with Gasteiger partial charge in [-0.05, 0) is 41.7 Å². The molecule has 0 radical (unpaired) electrons. The van der Waals surface area contributed by atoms with Crippen molar-refractivity contribution in [3.8, 4) is 11.8 Å². The average Bonchev–Trinajstić information content (AvgIpc) is 2.36. The quantitative estimate of drug-likeness (QED) is 0.719. The highest BCUT2D eigenvalue weighted by molar-refractivity contribution is 6.74. The van der Waals surface area contributed by atoms with Gasteiger partial charge in [-0.25, -0.2) is 0 Å². The van der Waals surface area contributed by atoms with E-state index in [0.29, 0.717) is 5.56 Å². The van der Waals surface area contributed by atoms with E-state index in [9.17, 15) is 5.26 Å². The second-order valence-corrected chi connectivity index (χ2v) is 11.4. The van der Waals surface area contributed by atoms with Crippen molar-refractivity contribution in [3.05, 3.63) is 42.0 Å². The number of hydrogen-bond donors (Lipinski definition) is 0. The van der Waals surface area contributed by atoms with E-state index in [2.05, 4.69) is 39.9 Å². The number of nitrogens with zero attached hydrogens (tertiary/aromatic N) is 1. The molecule has 0 N–H and O–H groups in total. The van der Waals surface area contributed by atoms with E-state index < -0.39 is 8.32 Å². The summed E-state index contributed by atoms with van der Waals surface area (Å²) in [4.78, 5) is 0. The zero-order valence-electron chi connectivity index (χ0n) is 12.8. The molecule has 0 aliphatic carbocycles. The molecule has 0 fully saturated rings. The number of benzene rings is 2. The Bertz CT molecular complexity index is 677. The van der Waals surface area contributed by atoms with Crippen LogP contribution in [-0.2, 0) is 0 Å². The predicted octanol–water partition coefficient (Wildman–Crippen LogP) is 5.10. The molecule has 2 aromatic rings. The van der Waals surface area contributed by atoms with Crippen molar-refractivity contribution in [1.29, 1.82) is 5.26 Å². The first-order chi connectivity index (χ1) is 9.24. The van der Waals surface area contributed by atoms with Crippen LogP contribution in [-0.4, -0.2) is 8.32 Å². The first kappa shape index (κ1) is 14.6. The van der Waals surface area contributed by atoms with Gasteiger partial charge < -0.3 is 4.43 Å². The Kier molecular flexibility index (Phi) is 3.62. The monoisotopic (exact) mass is 283 g/mol. The number of fused-ring (bicyclic) bond motifs is 1. The van der Waals surface area contributed by atoms with E-state index in [-0.39, 0.29) is 5.04 Å². The van der Waals surface area contributed by atoms with Gasteiger partial charge in [0.1, 0.15) is 5.75 Å². The minimum absolute atomic E-state index is 0.163. The number of rotatable bonds is 2. The first-order valence-corrected chi connectivity index (χ1v) is 9.77. The molecule has 0 atom stereocenters. The molecule has 0 unspecified atom stereocenters. The summed E-state index contributed by atoms with van der Waals surface area (Å²) < 4.78 is 6.30. The molecule has 0 amide bonds. The molecule has 0 aliphatic rings. The van der Waals surface area contributed by atoms with E-state index in [1.807, 2.05) is 36.4 Å². The van der Waals surface area contributed by atoms with Gasteiger partial charge in [-0.15, -0.1) is 0 Å². The van der Waals surface area contributed by atoms with E-state index in [0.717, 1.165) is 16.5 Å². The van der Waals surface area contributed by atoms with Gasteiger partial charge in [0.05, 0.1) is 11.6 Å². The van der Waals surface area contributed by atoms with Crippen LogP contribution in [0.3, 0.4) is 0 Å². The smallest absolute Gasteiger partial charge is 0.250 e. The van der Waals surface area contributed by atoms with E-state index in [1.165, 1.54) is 0 Å². The molecule has 0 spiro atoms. The molecular weight excluding hydrogens is 262 g/mol. The maximum absolute atomic E-state index is 9.21. The highest BCUT2D eigenvalue weighted by atomic mass is 28.4. The standard InChI is InChI=1S/C17H21NOSi/c1-17(2,3)20(4,5)19-15-10-9-13-7-6-8-14(12-18)16(13)11-15/h6-11H,1-5H3. The van der Waals surface area contributed by atoms with Crippen molar-refractivity contribution in [2.45, 2.75) is 38.9 Å². The van der Waals surface area contributed by atoms with Crippen molar-refractivity contribution in [2.75, 3.05) is 0 Å². The topological polar surface area (TPSA) is 33.0 Å². The lowest BCUT2D eigenvalue weighted by Crippen LogP contribution is -2.43. The minimum Gasteiger partial charge on any atom is -0.543 e. The third kappa shape index (κ3) is 2.71. The van der Waals surface area contributed by atoms with Gasteiger partial charge in [0.2, 0.25) is 8.32 Å². The van der Waals surface area contributed by atoms with Gasteiger partial charge in [-0.1, -0.05) is 39.0 Å². The van der Waals surface area contributed by atoms with Crippen LogP contribution in [0.5, 0.6) is 5.75 Å². The Hall–Kier alpha value is -1.79. The van der Waals surface area contributed by atoms with Crippen molar-refractivity contribution in [1.82, 2.24) is 0 Å². The van der Waals surface area contributed by atoms with Gasteiger partial charge in [0.15, 0.2) is 0 Å². The van der Waals surface area contributed by atoms with Crippen LogP contribution in [0.15, 0.2) is 36.4 Å². The van der Waals surface area contributed by atoms with E-state index in [1.54, 1.807) is 0 Å². The number of nitriles is 1. The maximum Gasteiger partial charge on any atom is 0.250 e. The zero-order valence-corrected chi connectivity index (χ0v) is 13.8. The summed E-state index contributed by atoms with van der Waals surface area (Å²) >= 11 is 0. The van der Waals surface area contributed by atoms with Crippen LogP contribution in [0.2, 0.25) is 18.1 Å². The van der Waals surface area contributed by atoms with Gasteiger partial charge in [-0.3, -0.25) is 0 Å². The molecule has 0 aromatic heterocycles. The molecule has 0 saturated heterocycles. The normalized spacial score (nSPS) is 12.2. The second kappa shape index (κ2) is 4.95. The largest absolute Gasteiger partial charge is 0.543 e. The van der Waals surface area contributed by atoms with Gasteiger partial charge in [-0.2, -0.15) is 5.26 Å². The van der Waals surface area contributed by atoms with Crippen LogP contribution < -0.4 is 4.43 Å². The molecule has 20 heavy (non-hydrogen) atoms. The minimum atomic E-state index is -1.84. The summed E-state index contributed by atoms with van der Waals surface area (Å²) in [5, 5.41) is 11.4. The molecule has 2 aromatic carbocycles. The molecule has 0 saturated carbocycles. The van der Waals surface area contributed by atoms with E-state index in [4.69, 9.17) is 4.43 Å². The predicted molar refractivity (Wildman–Crippen MR) is 86.5 cm³/mol. The summed E-state index contributed by atoms with van der Waals surface area (Å²) in [5.41, 5.74) is 0.697. The highest BCUT2D eigenvalue weighted by Crippen LogP contribution is 2.38. The van der Waals surface area contributed by atoms with Crippen LogP contribution in [0, 0.1) is 11.3 Å². The summed E-state index contributed by atoms with van der Waals surface area (Å²) in [6.45, 7) is 11.1. The molecule has 2 nitrogen and oxygen atoms in total. The Morgan fingerprint density at radius 1 is 1.10 bits per heavy atom. The van der Waals surface area contributed by atoms with Gasteiger partial charge in [0.25, 0.3) is 0 Å². The fourth-order valence-corrected chi connectivity index (χ4v) is 2.88. The van der Waals surface area contributed by atoms with Crippen LogP contribution >= 0.6 is 0 Å². The maximum atomic E-state index is 9.21. The Balaban J connectivity index is 2.45. The SMILES string of the molecule is CC(C)(C)[Si](C)(C)Oc1ccc2cccc(C#N)c2c1. The van der Waals surface area contributed by atoms with Gasteiger partial charge in [0, 0.05) is 5.39 Å². The van der Waals surface area contributed by atoms with Crippen LogP contribution in [0.25, 0.3) is 10.8 Å². The Labute approximate surface area is 122 Å². The second-order valence-electron chi connectivity index (χ2n) is 6.66. The summed E-state index contributed by atoms with van der Waals surface area (Å²) in [5.74, 6) is 0.867. The average molecular weight is 283 g/mol. The molecular formula is C17H21NOSi. The van der Waals surface area contributed by atoms with E-state index >= 15 is 0 Å².